The van der Waals surface area contributed by atoms with E-state index in [2.05, 4.69) is 4.98 Å². The highest BCUT2D eigenvalue weighted by atomic mass is 16.5. The Morgan fingerprint density at radius 3 is 2.28 bits per heavy atom. The van der Waals surface area contributed by atoms with E-state index in [4.69, 9.17) is 9.47 Å². The summed E-state index contributed by atoms with van der Waals surface area (Å²) in [7, 11) is 2.92. The van der Waals surface area contributed by atoms with Crippen LogP contribution in [0.5, 0.6) is 5.75 Å². The summed E-state index contributed by atoms with van der Waals surface area (Å²) in [6.45, 7) is 0. The quantitative estimate of drug-likeness (QED) is 0.529. The van der Waals surface area contributed by atoms with Gasteiger partial charge in [0.1, 0.15) is 11.4 Å². The lowest BCUT2D eigenvalue weighted by Gasteiger charge is -2.10. The molecule has 0 atom stereocenters. The fourth-order valence-corrected chi connectivity index (χ4v) is 2.68. The summed E-state index contributed by atoms with van der Waals surface area (Å²) in [5.74, 6) is 0.160. The van der Waals surface area contributed by atoms with E-state index in [1.165, 1.54) is 7.11 Å². The number of pyridine rings is 1. The van der Waals surface area contributed by atoms with E-state index in [1.807, 2.05) is 24.3 Å². The monoisotopic (exact) mass is 335 g/mol. The van der Waals surface area contributed by atoms with Gasteiger partial charge in [0.25, 0.3) is 0 Å². The number of carbonyl (C=O) groups is 2. The lowest BCUT2D eigenvalue weighted by Crippen LogP contribution is -2.09. The molecule has 0 bridgehead atoms. The van der Waals surface area contributed by atoms with Crippen molar-refractivity contribution in [3.8, 4) is 5.75 Å². The molecule has 0 aliphatic heterocycles. The van der Waals surface area contributed by atoms with Crippen molar-refractivity contribution in [1.82, 2.24) is 4.98 Å². The fraction of sp³-hybridized carbons (Fsp3) is 0.150. The molecular formula is C20H17NO4. The third-order valence-electron chi connectivity index (χ3n) is 4.01. The first-order chi connectivity index (χ1) is 12.1. The van der Waals surface area contributed by atoms with E-state index < -0.39 is 0 Å². The Morgan fingerprint density at radius 2 is 1.64 bits per heavy atom. The number of rotatable bonds is 5. The molecule has 5 heteroatoms. The summed E-state index contributed by atoms with van der Waals surface area (Å²) in [6, 6.07) is 14.3. The molecule has 3 aromatic rings. The maximum Gasteiger partial charge on any atom is 0.310 e. The summed E-state index contributed by atoms with van der Waals surface area (Å²) in [6.07, 6.45) is 1.68. The number of ketones is 1. The summed E-state index contributed by atoms with van der Waals surface area (Å²) >= 11 is 0. The van der Waals surface area contributed by atoms with Crippen LogP contribution in [0.1, 0.15) is 21.6 Å². The molecule has 5 nitrogen and oxygen atoms in total. The molecule has 0 spiro atoms. The Labute approximate surface area is 145 Å². The van der Waals surface area contributed by atoms with Crippen LogP contribution in [-0.4, -0.2) is 31.0 Å². The molecule has 0 aliphatic rings. The van der Waals surface area contributed by atoms with Gasteiger partial charge in [-0.3, -0.25) is 14.6 Å². The van der Waals surface area contributed by atoms with Gasteiger partial charge in [-0.1, -0.05) is 24.3 Å². The number of hydrogen-bond acceptors (Lipinski definition) is 5. The van der Waals surface area contributed by atoms with Gasteiger partial charge in [-0.05, 0) is 35.2 Å². The first-order valence-electron chi connectivity index (χ1n) is 7.76. The van der Waals surface area contributed by atoms with E-state index in [-0.39, 0.29) is 18.2 Å². The van der Waals surface area contributed by atoms with Gasteiger partial charge in [-0.2, -0.15) is 0 Å². The summed E-state index contributed by atoms with van der Waals surface area (Å²) in [5.41, 5.74) is 1.61. The molecule has 1 aromatic heterocycles. The van der Waals surface area contributed by atoms with Gasteiger partial charge in [0.2, 0.25) is 5.78 Å². The molecule has 0 N–H and O–H groups in total. The molecule has 0 saturated carbocycles. The molecule has 0 aliphatic carbocycles. The van der Waals surface area contributed by atoms with Crippen molar-refractivity contribution in [2.24, 2.45) is 0 Å². The van der Waals surface area contributed by atoms with E-state index in [0.29, 0.717) is 22.4 Å². The smallest absolute Gasteiger partial charge is 0.310 e. The topological polar surface area (TPSA) is 65.5 Å². The molecular weight excluding hydrogens is 318 g/mol. The number of benzene rings is 2. The Balaban J connectivity index is 2.06. The van der Waals surface area contributed by atoms with Crippen LogP contribution in [0.2, 0.25) is 0 Å². The molecule has 0 unspecified atom stereocenters. The zero-order chi connectivity index (χ0) is 17.8. The number of esters is 1. The molecule has 1 heterocycles. The average molecular weight is 335 g/mol. The van der Waals surface area contributed by atoms with Gasteiger partial charge in [0, 0.05) is 17.1 Å². The zero-order valence-corrected chi connectivity index (χ0v) is 14.0. The largest absolute Gasteiger partial charge is 0.497 e. The van der Waals surface area contributed by atoms with Crippen molar-refractivity contribution >= 4 is 22.5 Å². The van der Waals surface area contributed by atoms with Crippen molar-refractivity contribution < 1.29 is 19.1 Å². The third-order valence-corrected chi connectivity index (χ3v) is 4.01. The molecule has 0 amide bonds. The fourth-order valence-electron chi connectivity index (χ4n) is 2.68. The van der Waals surface area contributed by atoms with Crippen molar-refractivity contribution in [3.63, 3.8) is 0 Å². The number of ether oxygens (including phenoxy) is 2. The molecule has 0 radical (unpaired) electrons. The minimum Gasteiger partial charge on any atom is -0.497 e. The maximum absolute atomic E-state index is 12.9. The highest BCUT2D eigenvalue weighted by molar-refractivity contribution is 6.15. The number of hydrogen-bond donors (Lipinski definition) is 0. The van der Waals surface area contributed by atoms with Crippen LogP contribution >= 0.6 is 0 Å². The second-order valence-corrected chi connectivity index (χ2v) is 5.49. The van der Waals surface area contributed by atoms with Crippen LogP contribution in [0.15, 0.2) is 54.7 Å². The van der Waals surface area contributed by atoms with Gasteiger partial charge in [0.05, 0.1) is 20.6 Å². The van der Waals surface area contributed by atoms with Crippen molar-refractivity contribution in [2.45, 2.75) is 6.42 Å². The van der Waals surface area contributed by atoms with Crippen LogP contribution in [0.3, 0.4) is 0 Å². The van der Waals surface area contributed by atoms with Gasteiger partial charge in [-0.25, -0.2) is 0 Å². The summed E-state index contributed by atoms with van der Waals surface area (Å²) < 4.78 is 9.84. The second-order valence-electron chi connectivity index (χ2n) is 5.49. The van der Waals surface area contributed by atoms with Crippen molar-refractivity contribution in [1.29, 1.82) is 0 Å². The first-order valence-corrected chi connectivity index (χ1v) is 7.76. The Morgan fingerprint density at radius 1 is 0.960 bits per heavy atom. The molecule has 3 rings (SSSR count). The molecule has 0 saturated heterocycles. The number of nitrogens with zero attached hydrogens (tertiary/aromatic N) is 1. The number of fused-ring (bicyclic) bond motifs is 1. The number of carbonyl (C=O) groups excluding carboxylic acids is 2. The molecule has 25 heavy (non-hydrogen) atoms. The predicted molar refractivity (Wildman–Crippen MR) is 93.9 cm³/mol. The van der Waals surface area contributed by atoms with E-state index >= 15 is 0 Å². The standard InChI is InChI=1S/C20H17NO4/c1-24-15-9-7-13(8-10-15)20(23)19-17-6-4-3-5-16(17)14(12-21-19)11-18(22)25-2/h3-10,12H,11H2,1-2H3. The molecule has 2 aromatic carbocycles. The van der Waals surface area contributed by atoms with Crippen LogP contribution in [-0.2, 0) is 16.0 Å². The van der Waals surface area contributed by atoms with Gasteiger partial charge in [0.15, 0.2) is 0 Å². The first kappa shape index (κ1) is 16.6. The van der Waals surface area contributed by atoms with Crippen LogP contribution in [0.4, 0.5) is 0 Å². The Kier molecular flexibility index (Phi) is 4.75. The van der Waals surface area contributed by atoms with Gasteiger partial charge >= 0.3 is 5.97 Å². The summed E-state index contributed by atoms with van der Waals surface area (Å²) in [5, 5.41) is 1.53. The van der Waals surface area contributed by atoms with Crippen LogP contribution in [0, 0.1) is 0 Å². The third kappa shape index (κ3) is 3.35. The summed E-state index contributed by atoms with van der Waals surface area (Å²) in [4.78, 5) is 28.8. The highest BCUT2D eigenvalue weighted by Crippen LogP contribution is 2.24. The normalized spacial score (nSPS) is 10.5. The van der Waals surface area contributed by atoms with Gasteiger partial charge < -0.3 is 9.47 Å². The minimum absolute atomic E-state index is 0.112. The van der Waals surface area contributed by atoms with E-state index in [9.17, 15) is 9.59 Å². The van der Waals surface area contributed by atoms with E-state index in [0.717, 1.165) is 10.9 Å². The SMILES string of the molecule is COC(=O)Cc1cnc(C(=O)c2ccc(OC)cc2)c2ccccc12. The average Bonchev–Trinajstić information content (AvgIpc) is 2.67. The van der Waals surface area contributed by atoms with E-state index in [1.54, 1.807) is 37.6 Å². The highest BCUT2D eigenvalue weighted by Gasteiger charge is 2.17. The van der Waals surface area contributed by atoms with Crippen LogP contribution < -0.4 is 4.74 Å². The lowest BCUT2D eigenvalue weighted by atomic mass is 9.98. The number of methoxy groups -OCH3 is 2. The Hall–Kier alpha value is -3.21. The van der Waals surface area contributed by atoms with Crippen molar-refractivity contribution in [3.05, 3.63) is 71.5 Å². The lowest BCUT2D eigenvalue weighted by molar-refractivity contribution is -0.139. The van der Waals surface area contributed by atoms with Crippen LogP contribution in [0.25, 0.3) is 10.8 Å². The molecule has 126 valence electrons. The predicted octanol–water partition coefficient (Wildman–Crippen LogP) is 3.19. The van der Waals surface area contributed by atoms with Gasteiger partial charge in [-0.15, -0.1) is 0 Å². The zero-order valence-electron chi connectivity index (χ0n) is 14.0. The molecule has 0 fully saturated rings. The van der Waals surface area contributed by atoms with Crippen molar-refractivity contribution in [2.75, 3.05) is 14.2 Å². The maximum atomic E-state index is 12.9. The second kappa shape index (κ2) is 7.13. The Bertz CT molecular complexity index is 932. The number of aromatic nitrogens is 1. The minimum atomic E-state index is -0.346.